The van der Waals surface area contributed by atoms with E-state index in [4.69, 9.17) is 9.47 Å². The van der Waals surface area contributed by atoms with Crippen LogP contribution in [0.15, 0.2) is 66.4 Å². The van der Waals surface area contributed by atoms with Crippen molar-refractivity contribution in [3.8, 4) is 0 Å². The van der Waals surface area contributed by atoms with Crippen molar-refractivity contribution in [2.24, 2.45) is 29.1 Å². The van der Waals surface area contributed by atoms with Crippen LogP contribution in [-0.4, -0.2) is 52.3 Å². The molecule has 3 fully saturated rings. The molecule has 3 heterocycles. The number of carbonyl (C=O) groups is 4. The molecular weight excluding hydrogens is 532 g/mol. The highest BCUT2D eigenvalue weighted by atomic mass is 16.6. The molecule has 0 radical (unpaired) electrons. The van der Waals surface area contributed by atoms with Gasteiger partial charge in [0.2, 0.25) is 11.7 Å². The molecule has 1 amide bonds. The maximum atomic E-state index is 14.4. The molecule has 2 aliphatic carbocycles. The molecule has 2 aliphatic heterocycles. The van der Waals surface area contributed by atoms with E-state index in [1.807, 2.05) is 49.5 Å². The second-order valence-corrected chi connectivity index (χ2v) is 12.7. The van der Waals surface area contributed by atoms with Gasteiger partial charge in [0, 0.05) is 41.9 Å². The first kappa shape index (κ1) is 28.3. The van der Waals surface area contributed by atoms with Gasteiger partial charge in [0.25, 0.3) is 0 Å². The van der Waals surface area contributed by atoms with Crippen molar-refractivity contribution >= 4 is 34.3 Å². The predicted octanol–water partition coefficient (Wildman–Crippen LogP) is 4.40. The fraction of sp³-hybridized carbons (Fsp3) is 0.471. The minimum atomic E-state index is -1.44. The van der Waals surface area contributed by atoms with Gasteiger partial charge < -0.3 is 19.8 Å². The van der Waals surface area contributed by atoms with E-state index in [9.17, 15) is 19.2 Å². The fourth-order valence-corrected chi connectivity index (χ4v) is 7.97. The predicted molar refractivity (Wildman–Crippen MR) is 157 cm³/mol. The monoisotopic (exact) mass is 570 g/mol. The van der Waals surface area contributed by atoms with Crippen molar-refractivity contribution < 1.29 is 28.7 Å². The molecule has 2 N–H and O–H groups in total. The van der Waals surface area contributed by atoms with Crippen LogP contribution in [0.4, 0.5) is 0 Å². The van der Waals surface area contributed by atoms with Gasteiger partial charge in [0.05, 0.1) is 11.7 Å². The van der Waals surface area contributed by atoms with Gasteiger partial charge in [0.15, 0.2) is 11.9 Å². The topological polar surface area (TPSA) is 118 Å². The summed E-state index contributed by atoms with van der Waals surface area (Å²) in [6.45, 7) is 9.17. The number of ketones is 2. The molecule has 2 aromatic rings. The highest BCUT2D eigenvalue weighted by Crippen LogP contribution is 2.66. The molecule has 4 aliphatic rings. The Hall–Kier alpha value is -3.78. The average Bonchev–Trinajstić information content (AvgIpc) is 3.35. The van der Waals surface area contributed by atoms with E-state index in [1.54, 1.807) is 6.92 Å². The Bertz CT molecular complexity index is 1570. The lowest BCUT2D eigenvalue weighted by Crippen LogP contribution is -2.58. The quantitative estimate of drug-likeness (QED) is 0.244. The number of hydrogen-bond acceptors (Lipinski definition) is 6. The minimum absolute atomic E-state index is 0.0281. The van der Waals surface area contributed by atoms with Crippen LogP contribution in [0.5, 0.6) is 0 Å². The first-order valence-corrected chi connectivity index (χ1v) is 14.8. The number of rotatable bonds is 3. The van der Waals surface area contributed by atoms with Crippen LogP contribution in [0, 0.1) is 29.1 Å². The molecule has 8 nitrogen and oxygen atoms in total. The molecule has 1 spiro atoms. The first-order chi connectivity index (χ1) is 20.0. The van der Waals surface area contributed by atoms with E-state index in [0.29, 0.717) is 18.4 Å². The van der Waals surface area contributed by atoms with Crippen molar-refractivity contribution in [3.05, 3.63) is 72.0 Å². The molecule has 42 heavy (non-hydrogen) atoms. The fourth-order valence-electron chi connectivity index (χ4n) is 7.97. The van der Waals surface area contributed by atoms with E-state index >= 15 is 0 Å². The number of nitrogens with one attached hydrogen (secondary N) is 2. The number of aromatic amines is 1. The van der Waals surface area contributed by atoms with Crippen LogP contribution in [0.2, 0.25) is 0 Å². The van der Waals surface area contributed by atoms with Crippen molar-refractivity contribution in [3.63, 3.8) is 0 Å². The highest BCUT2D eigenvalue weighted by Gasteiger charge is 2.78. The lowest BCUT2D eigenvalue weighted by atomic mass is 9.51. The molecule has 1 aromatic carbocycles. The van der Waals surface area contributed by atoms with Crippen molar-refractivity contribution in [1.29, 1.82) is 0 Å². The molecule has 0 bridgehead atoms. The van der Waals surface area contributed by atoms with Crippen molar-refractivity contribution in [2.75, 3.05) is 0 Å². The van der Waals surface area contributed by atoms with E-state index in [0.717, 1.165) is 16.5 Å². The summed E-state index contributed by atoms with van der Waals surface area (Å²) in [5.41, 5.74) is 0.774. The number of epoxide rings is 1. The van der Waals surface area contributed by atoms with Crippen LogP contribution < -0.4 is 5.32 Å². The van der Waals surface area contributed by atoms with E-state index in [2.05, 4.69) is 30.2 Å². The summed E-state index contributed by atoms with van der Waals surface area (Å²) in [6, 6.07) is 7.72. The average molecular weight is 571 g/mol. The standard InChI is InChI=1S/C34H38N2O6/c1-18-9-8-11-24-31-33(5,42-31)20(3)29-26(16-22-17-35-25-12-7-6-10-23(22)25)36-32(40)34(24,29)28(39)14-13-27(38)30(19(2)15-18)41-21(4)37/h6-8,10-15,17-18,20,24,26,29-31,35H,9,16H2,1-5H3,(H,36,40)/b11-8+,14-13+,19-15+/t18-,20-,24-,26-,29?,30+,31-,33+,34+/m0/s1. The van der Waals surface area contributed by atoms with Gasteiger partial charge in [-0.2, -0.15) is 0 Å². The summed E-state index contributed by atoms with van der Waals surface area (Å²) in [5, 5.41) is 4.32. The number of amides is 1. The normalized spacial score (nSPS) is 40.6. The second-order valence-electron chi connectivity index (χ2n) is 12.7. The van der Waals surface area contributed by atoms with Crippen molar-refractivity contribution in [2.45, 2.75) is 71.3 Å². The zero-order valence-corrected chi connectivity index (χ0v) is 24.7. The molecule has 9 atom stereocenters. The lowest BCUT2D eigenvalue weighted by Gasteiger charge is -2.45. The SMILES string of the molecule is CC(=O)O[C@H]1C(=O)/C=C/C(=O)[C@@]23C(=O)N[C@@H](Cc4c[nH]c5ccccc45)C2[C@H](C)[C@@]2(C)O[C@H]2[C@@H]3/C=C/C[C@H](C)/C=C/1C. The molecule has 8 heteroatoms. The zero-order valence-electron chi connectivity index (χ0n) is 24.7. The number of esters is 1. The number of hydrogen-bond donors (Lipinski definition) is 2. The number of carbonyl (C=O) groups excluding carboxylic acids is 4. The molecule has 1 saturated carbocycles. The number of allylic oxidation sites excluding steroid dienone is 3. The third-order valence-corrected chi connectivity index (χ3v) is 10.1. The van der Waals surface area contributed by atoms with Gasteiger partial charge in [-0.15, -0.1) is 0 Å². The maximum Gasteiger partial charge on any atom is 0.303 e. The number of fused-ring (bicyclic) bond motifs is 3. The molecule has 1 aromatic heterocycles. The summed E-state index contributed by atoms with van der Waals surface area (Å²) < 4.78 is 11.7. The first-order valence-electron chi connectivity index (χ1n) is 14.8. The Kier molecular flexibility index (Phi) is 6.88. The Balaban J connectivity index is 1.45. The summed E-state index contributed by atoms with van der Waals surface area (Å²) in [5.74, 6) is -2.80. The summed E-state index contributed by atoms with van der Waals surface area (Å²) in [6.07, 6.45) is 10.1. The Morgan fingerprint density at radius 3 is 2.67 bits per heavy atom. The van der Waals surface area contributed by atoms with Gasteiger partial charge in [-0.25, -0.2) is 0 Å². The Morgan fingerprint density at radius 2 is 1.90 bits per heavy atom. The largest absolute Gasteiger partial charge is 0.450 e. The van der Waals surface area contributed by atoms with E-state index < -0.39 is 40.6 Å². The molecule has 2 saturated heterocycles. The second kappa shape index (κ2) is 10.2. The van der Waals surface area contributed by atoms with Crippen LogP contribution >= 0.6 is 0 Å². The number of benzene rings is 1. The van der Waals surface area contributed by atoms with Crippen LogP contribution in [-0.2, 0) is 35.1 Å². The summed E-state index contributed by atoms with van der Waals surface area (Å²) >= 11 is 0. The molecular formula is C34H38N2O6. The van der Waals surface area contributed by atoms with Crippen LogP contribution in [0.3, 0.4) is 0 Å². The molecule has 1 unspecified atom stereocenters. The highest BCUT2D eigenvalue weighted by molar-refractivity contribution is 6.15. The molecule has 6 rings (SSSR count). The lowest BCUT2D eigenvalue weighted by molar-refractivity contribution is -0.149. The Morgan fingerprint density at radius 1 is 1.14 bits per heavy atom. The minimum Gasteiger partial charge on any atom is -0.450 e. The van der Waals surface area contributed by atoms with Crippen LogP contribution in [0.1, 0.15) is 46.6 Å². The van der Waals surface area contributed by atoms with E-state index in [1.165, 1.54) is 19.1 Å². The number of aromatic nitrogens is 1. The summed E-state index contributed by atoms with van der Waals surface area (Å²) in [7, 11) is 0. The van der Waals surface area contributed by atoms with Gasteiger partial charge in [0.1, 0.15) is 5.41 Å². The van der Waals surface area contributed by atoms with Gasteiger partial charge >= 0.3 is 5.97 Å². The number of para-hydroxylation sites is 1. The van der Waals surface area contributed by atoms with Gasteiger partial charge in [-0.05, 0) is 67.9 Å². The third-order valence-electron chi connectivity index (χ3n) is 10.1. The zero-order chi connectivity index (χ0) is 30.0. The van der Waals surface area contributed by atoms with Gasteiger partial charge in [-0.1, -0.05) is 50.3 Å². The van der Waals surface area contributed by atoms with Crippen molar-refractivity contribution in [1.82, 2.24) is 10.3 Å². The van der Waals surface area contributed by atoms with E-state index in [-0.39, 0.29) is 35.8 Å². The number of H-pyrrole nitrogens is 1. The molecule has 220 valence electrons. The smallest absolute Gasteiger partial charge is 0.303 e. The Labute approximate surface area is 245 Å². The third kappa shape index (κ3) is 4.30. The van der Waals surface area contributed by atoms with Crippen LogP contribution in [0.25, 0.3) is 10.9 Å². The van der Waals surface area contributed by atoms with Gasteiger partial charge in [-0.3, -0.25) is 19.2 Å². The maximum absolute atomic E-state index is 14.4. The summed E-state index contributed by atoms with van der Waals surface area (Å²) in [4.78, 5) is 57.2. The number of ether oxygens (including phenoxy) is 2.